The van der Waals surface area contributed by atoms with E-state index in [2.05, 4.69) is 21.2 Å². The minimum atomic E-state index is -4.28. The number of benzene rings is 1. The van der Waals surface area contributed by atoms with Crippen molar-refractivity contribution in [2.24, 2.45) is 0 Å². The second-order valence-electron chi connectivity index (χ2n) is 4.94. The van der Waals surface area contributed by atoms with Crippen molar-refractivity contribution in [1.29, 1.82) is 0 Å². The van der Waals surface area contributed by atoms with Crippen LogP contribution in [0.1, 0.15) is 25.3 Å². The molecule has 0 aliphatic rings. The molecule has 0 radical (unpaired) electrons. The second kappa shape index (κ2) is 8.00. The molecular formula is C14H19BrF3NO. The Bertz CT molecular complexity index is 392. The quantitative estimate of drug-likeness (QED) is 0.796. The maximum absolute atomic E-state index is 12.1. The molecule has 2 nitrogen and oxygen atoms in total. The van der Waals surface area contributed by atoms with Gasteiger partial charge in [-0.15, -0.1) is 0 Å². The van der Waals surface area contributed by atoms with Gasteiger partial charge in [0, 0.05) is 23.0 Å². The van der Waals surface area contributed by atoms with Crippen molar-refractivity contribution in [3.05, 3.63) is 34.3 Å². The van der Waals surface area contributed by atoms with Gasteiger partial charge in [0.15, 0.2) is 0 Å². The summed E-state index contributed by atoms with van der Waals surface area (Å²) in [4.78, 5) is 0. The smallest absolute Gasteiger partial charge is 0.371 e. The van der Waals surface area contributed by atoms with Gasteiger partial charge in [-0.3, -0.25) is 0 Å². The Morgan fingerprint density at radius 3 is 2.30 bits per heavy atom. The fourth-order valence-electron chi connectivity index (χ4n) is 1.70. The van der Waals surface area contributed by atoms with Crippen molar-refractivity contribution < 1.29 is 17.9 Å². The highest BCUT2D eigenvalue weighted by Gasteiger charge is 2.28. The van der Waals surface area contributed by atoms with E-state index in [-0.39, 0.29) is 18.6 Å². The normalized spacial score (nSPS) is 13.8. The third kappa shape index (κ3) is 7.26. The summed E-state index contributed by atoms with van der Waals surface area (Å²) < 4.78 is 42.1. The summed E-state index contributed by atoms with van der Waals surface area (Å²) in [5.74, 6) is -0.104. The highest BCUT2D eigenvalue weighted by Crippen LogP contribution is 2.21. The number of hydrogen-bond acceptors (Lipinski definition) is 2. The average molecular weight is 354 g/mol. The van der Waals surface area contributed by atoms with E-state index in [1.165, 1.54) is 0 Å². The van der Waals surface area contributed by atoms with Crippen LogP contribution in [0.25, 0.3) is 0 Å². The molecule has 0 bridgehead atoms. The molecule has 0 spiro atoms. The van der Waals surface area contributed by atoms with Crippen LogP contribution in [0.15, 0.2) is 28.7 Å². The number of nitrogens with one attached hydrogen (secondary N) is 1. The summed E-state index contributed by atoms with van der Waals surface area (Å²) in [5, 5.41) is 3.23. The molecular weight excluding hydrogens is 335 g/mol. The zero-order valence-electron chi connectivity index (χ0n) is 11.5. The lowest BCUT2D eigenvalue weighted by Crippen LogP contribution is -2.31. The molecule has 0 amide bonds. The number of ether oxygens (including phenoxy) is 1. The molecule has 6 heteroatoms. The van der Waals surface area contributed by atoms with E-state index in [9.17, 15) is 13.2 Å². The SMILES string of the molecule is CC(C)NCC(COCC(F)(F)F)c1ccc(Br)cc1. The predicted molar refractivity (Wildman–Crippen MR) is 76.9 cm³/mol. The van der Waals surface area contributed by atoms with E-state index < -0.39 is 12.8 Å². The van der Waals surface area contributed by atoms with Crippen LogP contribution in [-0.2, 0) is 4.74 Å². The Morgan fingerprint density at radius 1 is 1.20 bits per heavy atom. The maximum atomic E-state index is 12.1. The molecule has 1 unspecified atom stereocenters. The van der Waals surface area contributed by atoms with Gasteiger partial charge < -0.3 is 10.1 Å². The van der Waals surface area contributed by atoms with E-state index in [1.54, 1.807) is 0 Å². The summed E-state index contributed by atoms with van der Waals surface area (Å²) in [6, 6.07) is 7.82. The molecule has 0 aliphatic heterocycles. The lowest BCUT2D eigenvalue weighted by Gasteiger charge is -2.20. The Hall–Kier alpha value is -0.590. The third-order valence-electron chi connectivity index (χ3n) is 2.70. The van der Waals surface area contributed by atoms with Crippen LogP contribution in [0.5, 0.6) is 0 Å². The van der Waals surface area contributed by atoms with Crippen LogP contribution in [0.2, 0.25) is 0 Å². The van der Waals surface area contributed by atoms with Crippen LogP contribution in [0.4, 0.5) is 13.2 Å². The van der Waals surface area contributed by atoms with E-state index >= 15 is 0 Å². The fraction of sp³-hybridized carbons (Fsp3) is 0.571. The standard InChI is InChI=1S/C14H19BrF3NO/c1-10(2)19-7-12(8-20-9-14(16,17)18)11-3-5-13(15)6-4-11/h3-6,10,12,19H,7-9H2,1-2H3. The van der Waals surface area contributed by atoms with Gasteiger partial charge in [0.1, 0.15) is 6.61 Å². The summed E-state index contributed by atoms with van der Waals surface area (Å²) >= 11 is 3.34. The van der Waals surface area contributed by atoms with Gasteiger partial charge in [0.05, 0.1) is 6.61 Å². The van der Waals surface area contributed by atoms with Crippen LogP contribution in [0.3, 0.4) is 0 Å². The third-order valence-corrected chi connectivity index (χ3v) is 3.23. The first-order valence-corrected chi connectivity index (χ1v) is 7.20. The molecule has 0 saturated heterocycles. The Balaban J connectivity index is 2.62. The van der Waals surface area contributed by atoms with Crippen LogP contribution < -0.4 is 5.32 Å². The van der Waals surface area contributed by atoms with Gasteiger partial charge in [-0.05, 0) is 17.7 Å². The van der Waals surface area contributed by atoms with E-state index in [0.29, 0.717) is 6.54 Å². The van der Waals surface area contributed by atoms with Crippen LogP contribution in [-0.4, -0.2) is 32.0 Å². The molecule has 1 rings (SSSR count). The zero-order valence-corrected chi connectivity index (χ0v) is 13.1. The number of halogens is 4. The molecule has 0 heterocycles. The predicted octanol–water partition coefficient (Wildman–Crippen LogP) is 4.11. The van der Waals surface area contributed by atoms with Gasteiger partial charge in [-0.25, -0.2) is 0 Å². The average Bonchev–Trinajstić information content (AvgIpc) is 2.33. The second-order valence-corrected chi connectivity index (χ2v) is 5.86. The lowest BCUT2D eigenvalue weighted by atomic mass is 10.00. The molecule has 0 fully saturated rings. The monoisotopic (exact) mass is 353 g/mol. The molecule has 1 aromatic rings. The summed E-state index contributed by atoms with van der Waals surface area (Å²) in [6.45, 7) is 3.41. The van der Waals surface area contributed by atoms with Gasteiger partial charge in [0.2, 0.25) is 0 Å². The van der Waals surface area contributed by atoms with Gasteiger partial charge in [0.25, 0.3) is 0 Å². The molecule has 0 aliphatic carbocycles. The first-order valence-electron chi connectivity index (χ1n) is 6.41. The zero-order chi connectivity index (χ0) is 15.2. The molecule has 1 aromatic carbocycles. The summed E-state index contributed by atoms with van der Waals surface area (Å²) in [7, 11) is 0. The van der Waals surface area contributed by atoms with Gasteiger partial charge in [-0.2, -0.15) is 13.2 Å². The number of alkyl halides is 3. The maximum Gasteiger partial charge on any atom is 0.411 e. The number of rotatable bonds is 7. The molecule has 20 heavy (non-hydrogen) atoms. The van der Waals surface area contributed by atoms with Crippen molar-refractivity contribution in [2.45, 2.75) is 32.0 Å². The summed E-state index contributed by atoms with van der Waals surface area (Å²) in [6.07, 6.45) is -4.28. The van der Waals surface area contributed by atoms with Crippen molar-refractivity contribution in [2.75, 3.05) is 19.8 Å². The number of hydrogen-bond donors (Lipinski definition) is 1. The highest BCUT2D eigenvalue weighted by molar-refractivity contribution is 9.10. The largest absolute Gasteiger partial charge is 0.411 e. The Morgan fingerprint density at radius 2 is 1.80 bits per heavy atom. The molecule has 1 atom stereocenters. The Labute approximate surface area is 125 Å². The Kier molecular flexibility index (Phi) is 6.99. The van der Waals surface area contributed by atoms with Crippen molar-refractivity contribution in [3.63, 3.8) is 0 Å². The van der Waals surface area contributed by atoms with Crippen molar-refractivity contribution >= 4 is 15.9 Å². The minimum Gasteiger partial charge on any atom is -0.371 e. The van der Waals surface area contributed by atoms with Crippen LogP contribution in [0, 0.1) is 0 Å². The minimum absolute atomic E-state index is 0.0425. The molecule has 1 N–H and O–H groups in total. The van der Waals surface area contributed by atoms with Gasteiger partial charge in [-0.1, -0.05) is 41.9 Å². The first-order chi connectivity index (χ1) is 9.28. The van der Waals surface area contributed by atoms with E-state index in [0.717, 1.165) is 10.0 Å². The lowest BCUT2D eigenvalue weighted by molar-refractivity contribution is -0.174. The van der Waals surface area contributed by atoms with Crippen LogP contribution >= 0.6 is 15.9 Å². The molecule has 114 valence electrons. The van der Waals surface area contributed by atoms with Gasteiger partial charge >= 0.3 is 6.18 Å². The van der Waals surface area contributed by atoms with Crippen molar-refractivity contribution in [3.8, 4) is 0 Å². The molecule has 0 saturated carbocycles. The molecule has 0 aromatic heterocycles. The van der Waals surface area contributed by atoms with E-state index in [1.807, 2.05) is 38.1 Å². The van der Waals surface area contributed by atoms with E-state index in [4.69, 9.17) is 4.74 Å². The fourth-order valence-corrected chi connectivity index (χ4v) is 1.97. The van der Waals surface area contributed by atoms with Crippen molar-refractivity contribution in [1.82, 2.24) is 5.32 Å². The topological polar surface area (TPSA) is 21.3 Å². The first kappa shape index (κ1) is 17.5. The highest BCUT2D eigenvalue weighted by atomic mass is 79.9. The summed E-state index contributed by atoms with van der Waals surface area (Å²) in [5.41, 5.74) is 0.962.